The Bertz CT molecular complexity index is 969. The number of benzene rings is 3. The second-order valence-corrected chi connectivity index (χ2v) is 6.64. The van der Waals surface area contributed by atoms with Crippen LogP contribution in [0.25, 0.3) is 0 Å². The highest BCUT2D eigenvalue weighted by Crippen LogP contribution is 2.31. The third kappa shape index (κ3) is 5.20. The predicted molar refractivity (Wildman–Crippen MR) is 110 cm³/mol. The molecule has 0 heterocycles. The van der Waals surface area contributed by atoms with Crippen LogP contribution in [0.4, 0.5) is 5.69 Å². The Morgan fingerprint density at radius 3 is 2.36 bits per heavy atom. The number of nitrogens with zero attached hydrogens (tertiary/aromatic N) is 1. The Labute approximate surface area is 169 Å². The van der Waals surface area contributed by atoms with E-state index in [2.05, 4.69) is 11.4 Å². The summed E-state index contributed by atoms with van der Waals surface area (Å²) in [7, 11) is 0. The van der Waals surface area contributed by atoms with E-state index in [-0.39, 0.29) is 12.5 Å². The third-order valence-corrected chi connectivity index (χ3v) is 4.53. The van der Waals surface area contributed by atoms with Gasteiger partial charge in [0, 0.05) is 10.7 Å². The smallest absolute Gasteiger partial charge is 0.250 e. The summed E-state index contributed by atoms with van der Waals surface area (Å²) in [4.78, 5) is 12.1. The number of rotatable bonds is 7. The Morgan fingerprint density at radius 2 is 1.71 bits per heavy atom. The van der Waals surface area contributed by atoms with Crippen LogP contribution in [0.2, 0.25) is 5.02 Å². The Balaban J connectivity index is 1.60. The molecule has 1 unspecified atom stereocenters. The number of carbonyl (C=O) groups excluding carboxylic acids is 1. The van der Waals surface area contributed by atoms with Gasteiger partial charge in [0.15, 0.2) is 0 Å². The van der Waals surface area contributed by atoms with Crippen molar-refractivity contribution in [3.05, 3.63) is 101 Å². The first-order valence-corrected chi connectivity index (χ1v) is 9.20. The summed E-state index contributed by atoms with van der Waals surface area (Å²) in [6.45, 7) is 0.313. The van der Waals surface area contributed by atoms with Gasteiger partial charge in [-0.2, -0.15) is 5.26 Å². The van der Waals surface area contributed by atoms with Crippen molar-refractivity contribution >= 4 is 23.2 Å². The van der Waals surface area contributed by atoms with Gasteiger partial charge in [-0.25, -0.2) is 0 Å². The Hall–Kier alpha value is -3.13. The zero-order valence-electron chi connectivity index (χ0n) is 15.1. The van der Waals surface area contributed by atoms with E-state index in [1.54, 1.807) is 18.2 Å². The van der Waals surface area contributed by atoms with Crippen molar-refractivity contribution in [1.82, 2.24) is 0 Å². The zero-order chi connectivity index (χ0) is 19.8. The molecule has 0 saturated carbocycles. The molecule has 0 aliphatic heterocycles. The van der Waals surface area contributed by atoms with Gasteiger partial charge in [0.25, 0.3) is 0 Å². The van der Waals surface area contributed by atoms with Crippen LogP contribution in [-0.2, 0) is 16.1 Å². The lowest BCUT2D eigenvalue weighted by Gasteiger charge is -2.13. The summed E-state index contributed by atoms with van der Waals surface area (Å²) in [6, 6.07) is 26.6. The first-order chi connectivity index (χ1) is 13.7. The van der Waals surface area contributed by atoms with Crippen molar-refractivity contribution in [3.63, 3.8) is 0 Å². The number of nitrogens with one attached hydrogen (secondary N) is 1. The van der Waals surface area contributed by atoms with Gasteiger partial charge in [-0.1, -0.05) is 78.3 Å². The molecule has 3 aromatic rings. The Morgan fingerprint density at radius 1 is 1.04 bits per heavy atom. The molecule has 1 atom stereocenters. The highest BCUT2D eigenvalue weighted by atomic mass is 35.5. The van der Waals surface area contributed by atoms with E-state index < -0.39 is 5.92 Å². The van der Waals surface area contributed by atoms with Crippen molar-refractivity contribution in [2.24, 2.45) is 0 Å². The molecule has 0 radical (unpaired) electrons. The molecular formula is C23H19ClN2O2. The van der Waals surface area contributed by atoms with Crippen LogP contribution in [0.1, 0.15) is 22.6 Å². The van der Waals surface area contributed by atoms with Gasteiger partial charge in [0.05, 0.1) is 18.6 Å². The molecule has 0 fully saturated rings. The van der Waals surface area contributed by atoms with Gasteiger partial charge < -0.3 is 10.1 Å². The van der Waals surface area contributed by atoms with Gasteiger partial charge in [-0.15, -0.1) is 0 Å². The number of anilines is 1. The monoisotopic (exact) mass is 390 g/mol. The van der Waals surface area contributed by atoms with E-state index in [1.807, 2.05) is 60.7 Å². The number of amides is 1. The largest absolute Gasteiger partial charge is 0.367 e. The molecule has 1 amide bonds. The highest BCUT2D eigenvalue weighted by molar-refractivity contribution is 6.31. The van der Waals surface area contributed by atoms with E-state index in [9.17, 15) is 10.1 Å². The van der Waals surface area contributed by atoms with Gasteiger partial charge in [-0.05, 0) is 28.8 Å². The van der Waals surface area contributed by atoms with Crippen molar-refractivity contribution < 1.29 is 9.53 Å². The van der Waals surface area contributed by atoms with Gasteiger partial charge in [0.1, 0.15) is 6.61 Å². The van der Waals surface area contributed by atoms with E-state index in [1.165, 1.54) is 0 Å². The summed E-state index contributed by atoms with van der Waals surface area (Å²) in [5, 5.41) is 12.8. The van der Waals surface area contributed by atoms with Crippen molar-refractivity contribution in [3.8, 4) is 6.07 Å². The van der Waals surface area contributed by atoms with Crippen LogP contribution in [0.3, 0.4) is 0 Å². The number of halogens is 1. The molecule has 3 aromatic carbocycles. The molecule has 0 aliphatic rings. The topological polar surface area (TPSA) is 62.1 Å². The van der Waals surface area contributed by atoms with Crippen molar-refractivity contribution in [2.75, 3.05) is 11.9 Å². The third-order valence-electron chi connectivity index (χ3n) is 4.20. The van der Waals surface area contributed by atoms with Crippen LogP contribution in [0.5, 0.6) is 0 Å². The molecule has 4 nitrogen and oxygen atoms in total. The Kier molecular flexibility index (Phi) is 6.80. The average molecular weight is 391 g/mol. The van der Waals surface area contributed by atoms with Crippen molar-refractivity contribution in [2.45, 2.75) is 12.5 Å². The molecule has 3 rings (SSSR count). The number of hydrogen-bond acceptors (Lipinski definition) is 3. The minimum Gasteiger partial charge on any atom is -0.367 e. The van der Waals surface area contributed by atoms with Crippen LogP contribution in [0.15, 0.2) is 78.9 Å². The predicted octanol–water partition coefficient (Wildman–Crippen LogP) is 5.15. The maximum absolute atomic E-state index is 12.1. The first-order valence-electron chi connectivity index (χ1n) is 8.83. The lowest BCUT2D eigenvalue weighted by atomic mass is 9.92. The maximum Gasteiger partial charge on any atom is 0.250 e. The summed E-state index contributed by atoms with van der Waals surface area (Å²) in [5.41, 5.74) is 3.14. The molecular weight excluding hydrogens is 372 g/mol. The second kappa shape index (κ2) is 9.70. The molecule has 140 valence electrons. The van der Waals surface area contributed by atoms with Crippen molar-refractivity contribution in [1.29, 1.82) is 5.26 Å². The molecule has 0 spiro atoms. The number of hydrogen-bond donors (Lipinski definition) is 1. The number of ether oxygens (including phenoxy) is 1. The molecule has 1 N–H and O–H groups in total. The molecule has 0 saturated heterocycles. The average Bonchev–Trinajstić information content (AvgIpc) is 2.72. The van der Waals surface area contributed by atoms with E-state index in [4.69, 9.17) is 16.3 Å². The molecule has 0 aliphatic carbocycles. The van der Waals surface area contributed by atoms with Gasteiger partial charge >= 0.3 is 0 Å². The molecule has 0 aromatic heterocycles. The quantitative estimate of drug-likeness (QED) is 0.606. The van der Waals surface area contributed by atoms with E-state index >= 15 is 0 Å². The zero-order valence-corrected chi connectivity index (χ0v) is 15.9. The van der Waals surface area contributed by atoms with E-state index in [0.29, 0.717) is 22.9 Å². The summed E-state index contributed by atoms with van der Waals surface area (Å²) >= 11 is 6.39. The lowest BCUT2D eigenvalue weighted by molar-refractivity contribution is -0.121. The normalized spacial score (nSPS) is 11.4. The van der Waals surface area contributed by atoms with E-state index in [0.717, 1.165) is 11.1 Å². The van der Waals surface area contributed by atoms with Gasteiger partial charge in [-0.3, -0.25) is 4.79 Å². The first kappa shape index (κ1) is 19.6. The minimum absolute atomic E-state index is 0.0564. The fourth-order valence-electron chi connectivity index (χ4n) is 2.84. The SMILES string of the molecule is N#CC(c1ccccc1)c1ccc(NC(=O)COCc2ccccc2)cc1Cl. The minimum atomic E-state index is -0.465. The second-order valence-electron chi connectivity index (χ2n) is 6.24. The van der Waals surface area contributed by atoms with Crippen LogP contribution in [0, 0.1) is 11.3 Å². The van der Waals surface area contributed by atoms with Crippen LogP contribution >= 0.6 is 11.6 Å². The molecule has 28 heavy (non-hydrogen) atoms. The number of nitriles is 1. The molecule has 0 bridgehead atoms. The van der Waals surface area contributed by atoms with Gasteiger partial charge in [0.2, 0.25) is 5.91 Å². The summed E-state index contributed by atoms with van der Waals surface area (Å²) in [6.07, 6.45) is 0. The fraction of sp³-hybridized carbons (Fsp3) is 0.130. The van der Waals surface area contributed by atoms with Crippen LogP contribution < -0.4 is 5.32 Å². The highest BCUT2D eigenvalue weighted by Gasteiger charge is 2.17. The van der Waals surface area contributed by atoms with Crippen LogP contribution in [-0.4, -0.2) is 12.5 Å². The lowest BCUT2D eigenvalue weighted by Crippen LogP contribution is -2.18. The molecule has 5 heteroatoms. The number of carbonyl (C=O) groups is 1. The maximum atomic E-state index is 12.1. The standard InChI is InChI=1S/C23H19ClN2O2/c24-22-13-19(26-23(27)16-28-15-17-7-3-1-4-8-17)11-12-20(22)21(14-25)18-9-5-2-6-10-18/h1-13,21H,15-16H2,(H,26,27). The summed E-state index contributed by atoms with van der Waals surface area (Å²) < 4.78 is 5.43. The summed E-state index contributed by atoms with van der Waals surface area (Å²) in [5.74, 6) is -0.729. The fourth-order valence-corrected chi connectivity index (χ4v) is 3.13.